The summed E-state index contributed by atoms with van der Waals surface area (Å²) < 4.78 is 5.59. The Morgan fingerprint density at radius 3 is 2.81 bits per heavy atom. The standard InChI is InChI=1S/C29H24N4O2S/c1-3-36-20-6-9-24(26(15-20)35-2)32-27-16-21-19(17-31-27)10-13-30-23(21)8-5-18-4-7-22-25(14-18)33-28(34)29(22)11-12-29/h4,6-7,9-10,13-17H,3,11-12H2,1-2H3,(H,31,32)(H,33,34). The average molecular weight is 493 g/mol. The van der Waals surface area contributed by atoms with Crippen molar-refractivity contribution in [1.29, 1.82) is 0 Å². The van der Waals surface area contributed by atoms with Gasteiger partial charge in [-0.1, -0.05) is 18.9 Å². The van der Waals surface area contributed by atoms with Crippen molar-refractivity contribution in [2.24, 2.45) is 0 Å². The maximum atomic E-state index is 12.3. The first kappa shape index (κ1) is 22.4. The smallest absolute Gasteiger partial charge is 0.235 e. The van der Waals surface area contributed by atoms with Crippen molar-refractivity contribution >= 4 is 45.6 Å². The first-order valence-corrected chi connectivity index (χ1v) is 12.9. The lowest BCUT2D eigenvalue weighted by Crippen LogP contribution is -2.18. The van der Waals surface area contributed by atoms with Gasteiger partial charge in [-0.2, -0.15) is 0 Å². The zero-order valence-corrected chi connectivity index (χ0v) is 20.8. The van der Waals surface area contributed by atoms with Crippen molar-refractivity contribution in [3.05, 3.63) is 77.7 Å². The highest BCUT2D eigenvalue weighted by Crippen LogP contribution is 2.55. The Bertz CT molecular complexity index is 1580. The molecule has 1 spiro atoms. The number of aromatic nitrogens is 2. The van der Waals surface area contributed by atoms with Crippen molar-refractivity contribution in [3.8, 4) is 17.6 Å². The molecule has 0 bridgehead atoms. The molecule has 1 amide bonds. The number of ether oxygens (including phenoxy) is 1. The summed E-state index contributed by atoms with van der Waals surface area (Å²) in [6.07, 6.45) is 5.41. The van der Waals surface area contributed by atoms with Gasteiger partial charge >= 0.3 is 0 Å². The summed E-state index contributed by atoms with van der Waals surface area (Å²) >= 11 is 1.77. The van der Waals surface area contributed by atoms with Crippen LogP contribution in [0.2, 0.25) is 0 Å². The SMILES string of the molecule is CCSc1ccc(Nc2cc3c(C#Cc4ccc5c(c4)NC(=O)C54CC4)nccc3cn2)c(OC)c1. The van der Waals surface area contributed by atoms with Gasteiger partial charge in [0.1, 0.15) is 17.3 Å². The Labute approximate surface area is 213 Å². The normalized spacial score (nSPS) is 14.7. The van der Waals surface area contributed by atoms with Crippen molar-refractivity contribution in [1.82, 2.24) is 9.97 Å². The van der Waals surface area contributed by atoms with Crippen molar-refractivity contribution < 1.29 is 9.53 Å². The largest absolute Gasteiger partial charge is 0.495 e. The van der Waals surface area contributed by atoms with Crippen LogP contribution in [0.5, 0.6) is 5.75 Å². The van der Waals surface area contributed by atoms with Crippen molar-refractivity contribution in [3.63, 3.8) is 0 Å². The monoisotopic (exact) mass is 492 g/mol. The molecule has 7 heteroatoms. The Kier molecular flexibility index (Phi) is 5.54. The van der Waals surface area contributed by atoms with Crippen LogP contribution in [0.3, 0.4) is 0 Å². The maximum absolute atomic E-state index is 12.3. The Hall–Kier alpha value is -4.02. The van der Waals surface area contributed by atoms with E-state index in [0.717, 1.165) is 62.5 Å². The number of thioether (sulfide) groups is 1. The van der Waals surface area contributed by atoms with Crippen LogP contribution >= 0.6 is 11.8 Å². The lowest BCUT2D eigenvalue weighted by atomic mass is 9.97. The van der Waals surface area contributed by atoms with E-state index < -0.39 is 0 Å². The van der Waals surface area contributed by atoms with E-state index in [9.17, 15) is 4.79 Å². The second-order valence-electron chi connectivity index (χ2n) is 8.92. The van der Waals surface area contributed by atoms with Gasteiger partial charge < -0.3 is 15.4 Å². The highest BCUT2D eigenvalue weighted by molar-refractivity contribution is 7.99. The number of methoxy groups -OCH3 is 1. The summed E-state index contributed by atoms with van der Waals surface area (Å²) in [7, 11) is 1.67. The zero-order valence-electron chi connectivity index (χ0n) is 20.0. The number of nitrogens with zero attached hydrogens (tertiary/aromatic N) is 2. The maximum Gasteiger partial charge on any atom is 0.235 e. The molecule has 0 radical (unpaired) electrons. The Morgan fingerprint density at radius 2 is 2.00 bits per heavy atom. The van der Waals surface area contributed by atoms with Gasteiger partial charge in [0, 0.05) is 39.3 Å². The number of hydrogen-bond donors (Lipinski definition) is 2. The van der Waals surface area contributed by atoms with Gasteiger partial charge in [-0.3, -0.25) is 4.79 Å². The molecule has 0 unspecified atom stereocenters. The minimum atomic E-state index is -0.285. The summed E-state index contributed by atoms with van der Waals surface area (Å²) in [6, 6.07) is 16.0. The fourth-order valence-corrected chi connectivity index (χ4v) is 5.35. The van der Waals surface area contributed by atoms with Crippen LogP contribution in [-0.4, -0.2) is 28.7 Å². The van der Waals surface area contributed by atoms with E-state index >= 15 is 0 Å². The molecule has 2 aliphatic rings. The fourth-order valence-electron chi connectivity index (χ4n) is 4.66. The number of pyridine rings is 2. The molecule has 1 saturated carbocycles. The van der Waals surface area contributed by atoms with Gasteiger partial charge in [0.25, 0.3) is 0 Å². The van der Waals surface area contributed by atoms with Crippen LogP contribution in [0.15, 0.2) is 65.8 Å². The molecular weight excluding hydrogens is 468 g/mol. The number of fused-ring (bicyclic) bond motifs is 3. The molecule has 36 heavy (non-hydrogen) atoms. The lowest BCUT2D eigenvalue weighted by Gasteiger charge is -2.12. The Balaban J connectivity index is 1.30. The van der Waals surface area contributed by atoms with Gasteiger partial charge in [-0.25, -0.2) is 9.97 Å². The van der Waals surface area contributed by atoms with Crippen molar-refractivity contribution in [2.75, 3.05) is 23.5 Å². The van der Waals surface area contributed by atoms with E-state index in [1.54, 1.807) is 25.1 Å². The summed E-state index contributed by atoms with van der Waals surface area (Å²) in [6.45, 7) is 2.13. The summed E-state index contributed by atoms with van der Waals surface area (Å²) in [5, 5.41) is 8.25. The number of carbonyl (C=O) groups excluding carboxylic acids is 1. The van der Waals surface area contributed by atoms with Crippen molar-refractivity contribution in [2.45, 2.75) is 30.1 Å². The summed E-state index contributed by atoms with van der Waals surface area (Å²) in [4.78, 5) is 22.6. The average Bonchev–Trinajstić information content (AvgIpc) is 3.65. The predicted molar refractivity (Wildman–Crippen MR) is 144 cm³/mol. The molecule has 6 rings (SSSR count). The van der Waals surface area contributed by atoms with Gasteiger partial charge in [0.2, 0.25) is 5.91 Å². The second kappa shape index (κ2) is 8.89. The number of carbonyl (C=O) groups is 1. The molecule has 2 N–H and O–H groups in total. The predicted octanol–water partition coefficient (Wildman–Crippen LogP) is 5.88. The van der Waals surface area contributed by atoms with E-state index in [4.69, 9.17) is 4.74 Å². The van der Waals surface area contributed by atoms with Crippen LogP contribution in [0.1, 0.15) is 36.6 Å². The molecule has 0 atom stereocenters. The number of nitrogens with one attached hydrogen (secondary N) is 2. The van der Waals surface area contributed by atoms with Crippen LogP contribution in [0.4, 0.5) is 17.2 Å². The first-order chi connectivity index (χ1) is 17.6. The third kappa shape index (κ3) is 3.94. The van der Waals surface area contributed by atoms with Gasteiger partial charge in [0.15, 0.2) is 0 Å². The van der Waals surface area contributed by atoms with Crippen LogP contribution in [-0.2, 0) is 10.2 Å². The zero-order chi connectivity index (χ0) is 24.7. The van der Waals surface area contributed by atoms with Gasteiger partial charge in [-0.05, 0) is 72.5 Å². The number of amides is 1. The summed E-state index contributed by atoms with van der Waals surface area (Å²) in [5.41, 5.74) is 4.04. The minimum Gasteiger partial charge on any atom is -0.495 e. The van der Waals surface area contributed by atoms with E-state index in [1.165, 1.54) is 0 Å². The highest BCUT2D eigenvalue weighted by Gasteiger charge is 2.56. The molecule has 6 nitrogen and oxygen atoms in total. The molecule has 3 heterocycles. The quantitative estimate of drug-likeness (QED) is 0.268. The van der Waals surface area contributed by atoms with Gasteiger partial charge in [-0.15, -0.1) is 11.8 Å². The molecule has 4 aromatic rings. The molecule has 1 fully saturated rings. The summed E-state index contributed by atoms with van der Waals surface area (Å²) in [5.74, 6) is 9.00. The third-order valence-corrected chi connectivity index (χ3v) is 7.56. The molecule has 1 aliphatic carbocycles. The number of rotatable bonds is 5. The molecule has 178 valence electrons. The van der Waals surface area contributed by atoms with E-state index in [-0.39, 0.29) is 11.3 Å². The molecule has 1 aliphatic heterocycles. The van der Waals surface area contributed by atoms with E-state index in [0.29, 0.717) is 11.5 Å². The lowest BCUT2D eigenvalue weighted by molar-refractivity contribution is -0.117. The molecule has 2 aromatic heterocycles. The van der Waals surface area contributed by atoms with Gasteiger partial charge in [0.05, 0.1) is 18.2 Å². The Morgan fingerprint density at radius 1 is 1.11 bits per heavy atom. The molecule has 0 saturated heterocycles. The van der Waals surface area contributed by atoms with Crippen LogP contribution < -0.4 is 15.4 Å². The van der Waals surface area contributed by atoms with Crippen LogP contribution in [0, 0.1) is 11.8 Å². The third-order valence-electron chi connectivity index (χ3n) is 6.69. The minimum absolute atomic E-state index is 0.112. The number of hydrogen-bond acceptors (Lipinski definition) is 6. The highest BCUT2D eigenvalue weighted by atomic mass is 32.2. The topological polar surface area (TPSA) is 76.1 Å². The molecule has 2 aromatic carbocycles. The molecular formula is C29H24N4O2S. The number of benzene rings is 2. The fraction of sp³-hybridized carbons (Fsp3) is 0.207. The van der Waals surface area contributed by atoms with Crippen LogP contribution in [0.25, 0.3) is 10.8 Å². The van der Waals surface area contributed by atoms with E-state index in [1.807, 2.05) is 48.7 Å². The second-order valence-corrected chi connectivity index (χ2v) is 10.3. The first-order valence-electron chi connectivity index (χ1n) is 11.9. The number of anilines is 3. The van der Waals surface area contributed by atoms with E-state index in [2.05, 4.69) is 45.4 Å².